The SMILES string of the molecule is CCCn1c(C)c(C)c2ccnc(N3CCCC(C4CCCCC4)C3)c21.Cl. The van der Waals surface area contributed by atoms with Gasteiger partial charge in [-0.2, -0.15) is 0 Å². The zero-order valence-electron chi connectivity index (χ0n) is 17.3. The van der Waals surface area contributed by atoms with Crippen molar-refractivity contribution in [3.63, 3.8) is 0 Å². The fraction of sp³-hybridized carbons (Fsp3) is 0.696. The van der Waals surface area contributed by atoms with Gasteiger partial charge in [-0.3, -0.25) is 0 Å². The molecule has 1 aliphatic heterocycles. The molecule has 2 aromatic heterocycles. The van der Waals surface area contributed by atoms with E-state index < -0.39 is 0 Å². The highest BCUT2D eigenvalue weighted by atomic mass is 35.5. The number of piperidine rings is 1. The third-order valence-electron chi connectivity index (χ3n) is 7.05. The standard InChI is InChI=1S/C23H35N3.ClH/c1-4-14-26-18(3)17(2)21-12-13-24-23(22(21)26)25-15-8-11-20(16-25)19-9-6-5-7-10-19;/h12-13,19-20H,4-11,14-16H2,1-3H3;1H. The fourth-order valence-electron chi connectivity index (χ4n) is 5.50. The van der Waals surface area contributed by atoms with E-state index in [0.29, 0.717) is 0 Å². The fourth-order valence-corrected chi connectivity index (χ4v) is 5.50. The van der Waals surface area contributed by atoms with E-state index in [9.17, 15) is 0 Å². The van der Waals surface area contributed by atoms with E-state index in [-0.39, 0.29) is 12.4 Å². The molecule has 27 heavy (non-hydrogen) atoms. The molecule has 4 heteroatoms. The minimum absolute atomic E-state index is 0. The Hall–Kier alpha value is -1.22. The molecular weight excluding hydrogens is 354 g/mol. The quantitative estimate of drug-likeness (QED) is 0.613. The molecule has 0 radical (unpaired) electrons. The lowest BCUT2D eigenvalue weighted by molar-refractivity contribution is 0.220. The molecule has 150 valence electrons. The molecule has 3 nitrogen and oxygen atoms in total. The maximum Gasteiger partial charge on any atom is 0.153 e. The predicted molar refractivity (Wildman–Crippen MR) is 118 cm³/mol. The zero-order valence-corrected chi connectivity index (χ0v) is 18.2. The summed E-state index contributed by atoms with van der Waals surface area (Å²) in [7, 11) is 0. The van der Waals surface area contributed by atoms with Gasteiger partial charge >= 0.3 is 0 Å². The number of pyridine rings is 1. The largest absolute Gasteiger partial charge is 0.355 e. The number of halogens is 1. The Bertz CT molecular complexity index is 761. The van der Waals surface area contributed by atoms with E-state index in [1.54, 1.807) is 0 Å². The Morgan fingerprint density at radius 3 is 2.52 bits per heavy atom. The van der Waals surface area contributed by atoms with Crippen molar-refractivity contribution in [1.82, 2.24) is 9.55 Å². The second-order valence-corrected chi connectivity index (χ2v) is 8.64. The second kappa shape index (κ2) is 8.86. The lowest BCUT2D eigenvalue weighted by Gasteiger charge is -2.39. The lowest BCUT2D eigenvalue weighted by Crippen LogP contribution is -2.39. The summed E-state index contributed by atoms with van der Waals surface area (Å²) in [6.07, 6.45) is 13.2. The Balaban J connectivity index is 0.00000210. The van der Waals surface area contributed by atoms with E-state index in [4.69, 9.17) is 4.98 Å². The molecule has 1 saturated heterocycles. The van der Waals surface area contributed by atoms with Crippen molar-refractivity contribution < 1.29 is 0 Å². The van der Waals surface area contributed by atoms with Crippen LogP contribution in [0.3, 0.4) is 0 Å². The van der Waals surface area contributed by atoms with Crippen molar-refractivity contribution in [2.75, 3.05) is 18.0 Å². The van der Waals surface area contributed by atoms with Crippen LogP contribution in [0.25, 0.3) is 10.9 Å². The number of rotatable bonds is 4. The number of nitrogens with zero attached hydrogens (tertiary/aromatic N) is 3. The third-order valence-corrected chi connectivity index (χ3v) is 7.05. The van der Waals surface area contributed by atoms with Gasteiger partial charge < -0.3 is 9.47 Å². The molecule has 0 bridgehead atoms. The molecule has 4 rings (SSSR count). The molecule has 0 N–H and O–H groups in total. The van der Waals surface area contributed by atoms with E-state index in [1.807, 2.05) is 6.20 Å². The Labute approximate surface area is 170 Å². The number of aryl methyl sites for hydroxylation is 2. The highest BCUT2D eigenvalue weighted by Crippen LogP contribution is 2.38. The molecule has 1 unspecified atom stereocenters. The molecular formula is C23H36ClN3. The summed E-state index contributed by atoms with van der Waals surface area (Å²) in [6.45, 7) is 10.3. The van der Waals surface area contributed by atoms with Crippen LogP contribution in [0.15, 0.2) is 12.3 Å². The van der Waals surface area contributed by atoms with Gasteiger partial charge in [-0.25, -0.2) is 4.98 Å². The molecule has 2 fully saturated rings. The molecule has 1 aliphatic carbocycles. The Morgan fingerprint density at radius 2 is 1.78 bits per heavy atom. The average molecular weight is 390 g/mol. The van der Waals surface area contributed by atoms with Crippen LogP contribution in [0.5, 0.6) is 0 Å². The van der Waals surface area contributed by atoms with Gasteiger partial charge in [0.15, 0.2) is 5.82 Å². The minimum Gasteiger partial charge on any atom is -0.355 e. The smallest absolute Gasteiger partial charge is 0.153 e. The zero-order chi connectivity index (χ0) is 18.1. The number of hydrogen-bond donors (Lipinski definition) is 0. The normalized spacial score (nSPS) is 21.4. The minimum atomic E-state index is 0. The number of aromatic nitrogens is 2. The van der Waals surface area contributed by atoms with Crippen molar-refractivity contribution in [2.45, 2.75) is 78.7 Å². The number of anilines is 1. The van der Waals surface area contributed by atoms with Crippen LogP contribution in [0.2, 0.25) is 0 Å². The summed E-state index contributed by atoms with van der Waals surface area (Å²) in [5.74, 6) is 3.07. The highest BCUT2D eigenvalue weighted by Gasteiger charge is 2.30. The van der Waals surface area contributed by atoms with E-state index in [0.717, 1.165) is 18.4 Å². The van der Waals surface area contributed by atoms with Gasteiger partial charge in [-0.05, 0) is 56.6 Å². The second-order valence-electron chi connectivity index (χ2n) is 8.64. The van der Waals surface area contributed by atoms with Crippen molar-refractivity contribution >= 4 is 29.1 Å². The van der Waals surface area contributed by atoms with E-state index in [2.05, 4.69) is 36.3 Å². The average Bonchev–Trinajstić information content (AvgIpc) is 2.94. The van der Waals surface area contributed by atoms with Crippen LogP contribution < -0.4 is 4.90 Å². The van der Waals surface area contributed by atoms with Gasteiger partial charge in [-0.1, -0.05) is 39.0 Å². The van der Waals surface area contributed by atoms with Crippen LogP contribution >= 0.6 is 12.4 Å². The van der Waals surface area contributed by atoms with E-state index in [1.165, 1.54) is 92.4 Å². The van der Waals surface area contributed by atoms with Gasteiger partial charge in [0.1, 0.15) is 0 Å². The highest BCUT2D eigenvalue weighted by molar-refractivity contribution is 5.93. The molecule has 3 heterocycles. The molecule has 0 spiro atoms. The van der Waals surface area contributed by atoms with Crippen molar-refractivity contribution in [3.05, 3.63) is 23.5 Å². The molecule has 2 aliphatic rings. The van der Waals surface area contributed by atoms with Crippen LogP contribution in [0.4, 0.5) is 5.82 Å². The number of hydrogen-bond acceptors (Lipinski definition) is 2. The van der Waals surface area contributed by atoms with Gasteiger partial charge in [0, 0.05) is 36.9 Å². The van der Waals surface area contributed by atoms with Gasteiger partial charge in [0.25, 0.3) is 0 Å². The summed E-state index contributed by atoms with van der Waals surface area (Å²) in [5, 5.41) is 1.40. The predicted octanol–water partition coefficient (Wildman–Crippen LogP) is 6.28. The molecule has 0 aromatic carbocycles. The van der Waals surface area contributed by atoms with Crippen LogP contribution in [0, 0.1) is 25.7 Å². The van der Waals surface area contributed by atoms with Crippen LogP contribution in [-0.2, 0) is 6.54 Å². The van der Waals surface area contributed by atoms with Crippen LogP contribution in [-0.4, -0.2) is 22.6 Å². The van der Waals surface area contributed by atoms with Crippen molar-refractivity contribution in [1.29, 1.82) is 0 Å². The molecule has 1 saturated carbocycles. The third kappa shape index (κ3) is 3.85. The van der Waals surface area contributed by atoms with E-state index >= 15 is 0 Å². The van der Waals surface area contributed by atoms with Crippen LogP contribution in [0.1, 0.15) is 69.5 Å². The topological polar surface area (TPSA) is 21.1 Å². The maximum absolute atomic E-state index is 4.91. The first-order chi connectivity index (χ1) is 12.7. The lowest BCUT2D eigenvalue weighted by atomic mass is 9.76. The summed E-state index contributed by atoms with van der Waals surface area (Å²) in [5.41, 5.74) is 4.23. The first kappa shape index (κ1) is 20.5. The molecule has 1 atom stereocenters. The monoisotopic (exact) mass is 389 g/mol. The Kier molecular flexibility index (Phi) is 6.73. The first-order valence-corrected chi connectivity index (χ1v) is 10.9. The summed E-state index contributed by atoms with van der Waals surface area (Å²) in [6, 6.07) is 2.22. The van der Waals surface area contributed by atoms with Gasteiger partial charge in [-0.15, -0.1) is 12.4 Å². The summed E-state index contributed by atoms with van der Waals surface area (Å²) < 4.78 is 2.53. The first-order valence-electron chi connectivity index (χ1n) is 10.9. The number of fused-ring (bicyclic) bond motifs is 1. The Morgan fingerprint density at radius 1 is 1.04 bits per heavy atom. The van der Waals surface area contributed by atoms with Crippen molar-refractivity contribution in [3.8, 4) is 0 Å². The maximum atomic E-state index is 4.91. The van der Waals surface area contributed by atoms with Gasteiger partial charge in [0.2, 0.25) is 0 Å². The van der Waals surface area contributed by atoms with Crippen molar-refractivity contribution in [2.24, 2.45) is 11.8 Å². The summed E-state index contributed by atoms with van der Waals surface area (Å²) >= 11 is 0. The molecule has 0 amide bonds. The van der Waals surface area contributed by atoms with Gasteiger partial charge in [0.05, 0.1) is 5.52 Å². The molecule has 2 aromatic rings. The summed E-state index contributed by atoms with van der Waals surface area (Å²) in [4.78, 5) is 7.53.